The van der Waals surface area contributed by atoms with E-state index in [0.29, 0.717) is 18.6 Å². The molecule has 0 spiro atoms. The number of hydrogen-bond acceptors (Lipinski definition) is 2. The Kier molecular flexibility index (Phi) is 3.23. The number of pyridine rings is 1. The molecule has 0 radical (unpaired) electrons. The topological polar surface area (TPSA) is 39.8 Å². The van der Waals surface area contributed by atoms with Crippen LogP contribution in [0.15, 0.2) is 65.7 Å². The number of imidazole rings is 1. The van der Waals surface area contributed by atoms with Crippen molar-refractivity contribution in [1.82, 2.24) is 14.1 Å². The summed E-state index contributed by atoms with van der Waals surface area (Å²) < 4.78 is 3.85. The quantitative estimate of drug-likeness (QED) is 0.582. The zero-order valence-corrected chi connectivity index (χ0v) is 12.9. The van der Waals surface area contributed by atoms with Gasteiger partial charge >= 0.3 is 0 Å². The Morgan fingerprint density at radius 1 is 1.00 bits per heavy atom. The smallest absolute Gasteiger partial charge is 0.279 e. The summed E-state index contributed by atoms with van der Waals surface area (Å²) in [6.07, 6.45) is 1.77. The van der Waals surface area contributed by atoms with Gasteiger partial charge in [-0.15, -0.1) is 0 Å². The van der Waals surface area contributed by atoms with Crippen molar-refractivity contribution in [3.63, 3.8) is 0 Å². The molecule has 0 bridgehead atoms. The van der Waals surface area contributed by atoms with Gasteiger partial charge in [-0.2, -0.15) is 0 Å². The lowest BCUT2D eigenvalue weighted by Crippen LogP contribution is -2.20. The van der Waals surface area contributed by atoms with Crippen molar-refractivity contribution in [2.75, 3.05) is 0 Å². The Morgan fingerprint density at radius 3 is 2.52 bits per heavy atom. The lowest BCUT2D eigenvalue weighted by molar-refractivity contribution is 0.764. The van der Waals surface area contributed by atoms with Crippen molar-refractivity contribution in [1.29, 1.82) is 0 Å². The zero-order chi connectivity index (χ0) is 15.8. The van der Waals surface area contributed by atoms with Crippen LogP contribution in [0.2, 0.25) is 0 Å². The third-order valence-corrected chi connectivity index (χ3v) is 4.25. The van der Waals surface area contributed by atoms with Crippen molar-refractivity contribution in [3.05, 3.63) is 76.8 Å². The summed E-state index contributed by atoms with van der Waals surface area (Å²) in [6, 6.07) is 18.3. The van der Waals surface area contributed by atoms with Crippen LogP contribution in [0.5, 0.6) is 0 Å². The molecule has 0 unspecified atom stereocenters. The first-order valence-corrected chi connectivity index (χ1v) is 7.80. The molecule has 0 aliphatic carbocycles. The van der Waals surface area contributed by atoms with Gasteiger partial charge in [-0.3, -0.25) is 4.79 Å². The molecule has 4 heteroatoms. The monoisotopic (exact) mass is 303 g/mol. The van der Waals surface area contributed by atoms with Crippen molar-refractivity contribution >= 4 is 21.9 Å². The van der Waals surface area contributed by atoms with Crippen LogP contribution in [0.25, 0.3) is 21.9 Å². The van der Waals surface area contributed by atoms with Crippen LogP contribution in [0.1, 0.15) is 12.5 Å². The van der Waals surface area contributed by atoms with Gasteiger partial charge in [0.15, 0.2) is 5.52 Å². The largest absolute Gasteiger partial charge is 0.325 e. The fourth-order valence-electron chi connectivity index (χ4n) is 3.18. The normalized spacial score (nSPS) is 11.3. The van der Waals surface area contributed by atoms with Crippen molar-refractivity contribution < 1.29 is 0 Å². The molecule has 0 amide bonds. The molecule has 2 aromatic heterocycles. The highest BCUT2D eigenvalue weighted by Gasteiger charge is 2.14. The fraction of sp³-hybridized carbons (Fsp3) is 0.158. The second-order valence-electron chi connectivity index (χ2n) is 5.62. The summed E-state index contributed by atoms with van der Waals surface area (Å²) in [5, 5.41) is 1.07. The highest BCUT2D eigenvalue weighted by molar-refractivity contribution is 6.02. The van der Waals surface area contributed by atoms with Crippen LogP contribution in [0.4, 0.5) is 0 Å². The second kappa shape index (κ2) is 5.39. The maximum atomic E-state index is 12.7. The van der Waals surface area contributed by atoms with Crippen LogP contribution >= 0.6 is 0 Å². The lowest BCUT2D eigenvalue weighted by atomic mass is 10.1. The Hall–Kier alpha value is -2.88. The highest BCUT2D eigenvalue weighted by atomic mass is 16.1. The molecule has 0 atom stereocenters. The molecular weight excluding hydrogens is 286 g/mol. The van der Waals surface area contributed by atoms with Gasteiger partial charge in [0.1, 0.15) is 0 Å². The molecule has 2 aromatic carbocycles. The Balaban J connectivity index is 2.03. The zero-order valence-electron chi connectivity index (χ0n) is 12.9. The molecule has 0 N–H and O–H groups in total. The maximum Gasteiger partial charge on any atom is 0.279 e. The van der Waals surface area contributed by atoms with E-state index in [0.717, 1.165) is 16.4 Å². The highest BCUT2D eigenvalue weighted by Crippen LogP contribution is 2.23. The number of fused-ring (bicyclic) bond motifs is 3. The first kappa shape index (κ1) is 13.8. The van der Waals surface area contributed by atoms with Crippen molar-refractivity contribution in [3.8, 4) is 0 Å². The molecule has 0 aliphatic rings. The number of nitrogens with zero attached hydrogens (tertiary/aromatic N) is 3. The number of rotatable bonds is 3. The van der Waals surface area contributed by atoms with E-state index < -0.39 is 0 Å². The van der Waals surface area contributed by atoms with Crippen molar-refractivity contribution in [2.24, 2.45) is 0 Å². The maximum absolute atomic E-state index is 12.7. The van der Waals surface area contributed by atoms with Gasteiger partial charge in [-0.25, -0.2) is 4.98 Å². The first-order valence-electron chi connectivity index (χ1n) is 7.80. The Morgan fingerprint density at radius 2 is 1.74 bits per heavy atom. The van der Waals surface area contributed by atoms with Crippen LogP contribution in [-0.2, 0) is 13.1 Å². The molecule has 2 heterocycles. The molecule has 114 valence electrons. The minimum Gasteiger partial charge on any atom is -0.325 e. The van der Waals surface area contributed by atoms with E-state index in [-0.39, 0.29) is 5.56 Å². The van der Waals surface area contributed by atoms with Gasteiger partial charge in [0.05, 0.1) is 17.4 Å². The number of hydrogen-bond donors (Lipinski definition) is 0. The first-order chi connectivity index (χ1) is 11.3. The Labute approximate surface area is 133 Å². The van der Waals surface area contributed by atoms with Gasteiger partial charge in [-0.1, -0.05) is 48.5 Å². The van der Waals surface area contributed by atoms with E-state index in [4.69, 9.17) is 0 Å². The lowest BCUT2D eigenvalue weighted by Gasteiger charge is -2.11. The summed E-state index contributed by atoms with van der Waals surface area (Å²) in [4.78, 5) is 17.1. The average molecular weight is 303 g/mol. The predicted molar refractivity (Wildman–Crippen MR) is 92.7 cm³/mol. The summed E-state index contributed by atoms with van der Waals surface area (Å²) in [5.41, 5.74) is 3.59. The molecule has 4 aromatic rings. The summed E-state index contributed by atoms with van der Waals surface area (Å²) in [7, 11) is 0. The van der Waals surface area contributed by atoms with Gasteiger partial charge in [0, 0.05) is 18.5 Å². The Bertz CT molecular complexity index is 1040. The van der Waals surface area contributed by atoms with Gasteiger partial charge in [-0.05, 0) is 18.6 Å². The summed E-state index contributed by atoms with van der Waals surface area (Å²) in [6.45, 7) is 3.33. The third kappa shape index (κ3) is 2.14. The second-order valence-corrected chi connectivity index (χ2v) is 5.62. The van der Waals surface area contributed by atoms with Crippen LogP contribution in [0.3, 0.4) is 0 Å². The number of aromatic nitrogens is 3. The average Bonchev–Trinajstić information content (AvgIpc) is 3.01. The number of benzene rings is 2. The predicted octanol–water partition coefficient (Wildman–Crippen LogP) is 3.42. The summed E-state index contributed by atoms with van der Waals surface area (Å²) >= 11 is 0. The number of aryl methyl sites for hydroxylation is 1. The van der Waals surface area contributed by atoms with Crippen LogP contribution in [0, 0.1) is 0 Å². The summed E-state index contributed by atoms with van der Waals surface area (Å²) in [5.74, 6) is 0. The van der Waals surface area contributed by atoms with Crippen LogP contribution < -0.4 is 5.56 Å². The third-order valence-electron chi connectivity index (χ3n) is 4.25. The van der Waals surface area contributed by atoms with E-state index >= 15 is 0 Å². The van der Waals surface area contributed by atoms with Crippen LogP contribution in [-0.4, -0.2) is 14.1 Å². The van der Waals surface area contributed by atoms with E-state index in [2.05, 4.69) is 27.8 Å². The molecule has 4 nitrogen and oxygen atoms in total. The van der Waals surface area contributed by atoms with Gasteiger partial charge in [0.25, 0.3) is 5.56 Å². The SMILES string of the molecule is CCn1c(=O)c2ncn(Cc3ccccc3)c2c2ccccc21. The molecule has 0 fully saturated rings. The van der Waals surface area contributed by atoms with E-state index in [1.54, 1.807) is 10.9 Å². The molecule has 0 saturated heterocycles. The molecule has 4 rings (SSSR count). The van der Waals surface area contributed by atoms with Gasteiger partial charge in [0.2, 0.25) is 0 Å². The van der Waals surface area contributed by atoms with E-state index in [9.17, 15) is 4.79 Å². The van der Waals surface area contributed by atoms with Gasteiger partial charge < -0.3 is 9.13 Å². The minimum atomic E-state index is -0.0204. The fourth-order valence-corrected chi connectivity index (χ4v) is 3.18. The van der Waals surface area contributed by atoms with E-state index in [1.807, 2.05) is 43.3 Å². The molecule has 0 saturated carbocycles. The standard InChI is InChI=1S/C19H17N3O/c1-2-22-16-11-7-6-10-15(16)18-17(19(22)23)20-13-21(18)12-14-8-4-3-5-9-14/h3-11,13H,2,12H2,1H3. The molecule has 0 aliphatic heterocycles. The minimum absolute atomic E-state index is 0.0204. The number of para-hydroxylation sites is 1. The van der Waals surface area contributed by atoms with E-state index in [1.165, 1.54) is 5.56 Å². The molecular formula is C19H17N3O. The molecule has 23 heavy (non-hydrogen) atoms. The van der Waals surface area contributed by atoms with Crippen molar-refractivity contribution in [2.45, 2.75) is 20.0 Å².